The fraction of sp³-hybridized carbons (Fsp3) is 0.312. The van der Waals surface area contributed by atoms with Crippen LogP contribution in [0, 0.1) is 5.92 Å². The van der Waals surface area contributed by atoms with Gasteiger partial charge in [0.05, 0.1) is 18.5 Å². The zero-order valence-electron chi connectivity index (χ0n) is 23.5. The summed E-state index contributed by atoms with van der Waals surface area (Å²) in [7, 11) is 5.40. The Labute approximate surface area is 239 Å². The van der Waals surface area contributed by atoms with Gasteiger partial charge in [0.15, 0.2) is 0 Å². The Kier molecular flexibility index (Phi) is 8.45. The number of piperidine rings is 1. The second kappa shape index (κ2) is 12.3. The van der Waals surface area contributed by atoms with Gasteiger partial charge in [-0.1, -0.05) is 36.4 Å². The third kappa shape index (κ3) is 6.47. The monoisotopic (exact) mass is 554 g/mol. The van der Waals surface area contributed by atoms with Gasteiger partial charge in [-0.05, 0) is 74.3 Å². The van der Waals surface area contributed by atoms with E-state index in [0.717, 1.165) is 43.6 Å². The molecule has 0 radical (unpaired) electrons. The van der Waals surface area contributed by atoms with Crippen LogP contribution < -0.4 is 10.1 Å². The van der Waals surface area contributed by atoms with Crippen molar-refractivity contribution in [2.24, 2.45) is 10.9 Å². The van der Waals surface area contributed by atoms with E-state index < -0.39 is 12.1 Å². The number of carbonyl (C=O) groups excluding carboxylic acids is 3. The number of amides is 2. The molecule has 0 aliphatic carbocycles. The maximum Gasteiger partial charge on any atom is 0.513 e. The molecule has 3 aromatic carbocycles. The summed E-state index contributed by atoms with van der Waals surface area (Å²) >= 11 is 0. The minimum Gasteiger partial charge on any atom is -0.437 e. The summed E-state index contributed by atoms with van der Waals surface area (Å²) in [6.45, 7) is 2.57. The highest BCUT2D eigenvalue weighted by Gasteiger charge is 2.36. The summed E-state index contributed by atoms with van der Waals surface area (Å²) in [4.78, 5) is 47.0. The molecule has 212 valence electrons. The van der Waals surface area contributed by atoms with Crippen molar-refractivity contribution in [3.8, 4) is 5.75 Å². The SMILES string of the molecule is COC(=O)Oc1ccc2c(c1)NC(=O)C2C(=Nc1ccc(C(=O)N2CCC(CN(C)C)CC2)cc1)c1ccccc1. The molecule has 41 heavy (non-hydrogen) atoms. The maximum atomic E-state index is 13.2. The highest BCUT2D eigenvalue weighted by Crippen LogP contribution is 2.38. The van der Waals surface area contributed by atoms with Crippen molar-refractivity contribution >= 4 is 35.1 Å². The Morgan fingerprint density at radius 1 is 0.976 bits per heavy atom. The number of aliphatic imine (C=N–C) groups is 1. The predicted octanol–water partition coefficient (Wildman–Crippen LogP) is 5.10. The third-order valence-corrected chi connectivity index (χ3v) is 7.46. The highest BCUT2D eigenvalue weighted by atomic mass is 16.7. The number of anilines is 1. The number of nitrogens with one attached hydrogen (secondary N) is 1. The number of likely N-dealkylation sites (tertiary alicyclic amines) is 1. The number of ether oxygens (including phenoxy) is 2. The van der Waals surface area contributed by atoms with Crippen molar-refractivity contribution in [1.82, 2.24) is 9.80 Å². The molecule has 1 unspecified atom stereocenters. The molecule has 2 aliphatic rings. The predicted molar refractivity (Wildman–Crippen MR) is 157 cm³/mol. The number of nitrogens with zero attached hydrogens (tertiary/aromatic N) is 3. The molecule has 0 spiro atoms. The van der Waals surface area contributed by atoms with Crippen LogP contribution in [0.2, 0.25) is 0 Å². The average Bonchev–Trinajstić information content (AvgIpc) is 3.31. The van der Waals surface area contributed by atoms with Gasteiger partial charge in [0.2, 0.25) is 5.91 Å². The van der Waals surface area contributed by atoms with Gasteiger partial charge in [0.25, 0.3) is 5.91 Å². The van der Waals surface area contributed by atoms with Crippen molar-refractivity contribution in [2.75, 3.05) is 46.2 Å². The number of methoxy groups -OCH3 is 1. The lowest BCUT2D eigenvalue weighted by atomic mass is 9.90. The first-order chi connectivity index (χ1) is 19.8. The van der Waals surface area contributed by atoms with Crippen molar-refractivity contribution in [3.63, 3.8) is 0 Å². The Morgan fingerprint density at radius 2 is 1.68 bits per heavy atom. The van der Waals surface area contributed by atoms with E-state index in [1.807, 2.05) is 47.4 Å². The van der Waals surface area contributed by atoms with Gasteiger partial charge in [-0.3, -0.25) is 14.6 Å². The highest BCUT2D eigenvalue weighted by molar-refractivity contribution is 6.24. The molecule has 0 bridgehead atoms. The first kappa shape index (κ1) is 28.0. The molecule has 1 N–H and O–H groups in total. The maximum absolute atomic E-state index is 13.2. The van der Waals surface area contributed by atoms with E-state index in [0.29, 0.717) is 28.6 Å². The van der Waals surface area contributed by atoms with E-state index in [1.165, 1.54) is 7.11 Å². The lowest BCUT2D eigenvalue weighted by Crippen LogP contribution is -2.40. The molecule has 1 atom stereocenters. The Hall–Kier alpha value is -4.50. The molecule has 3 aromatic rings. The molecule has 1 saturated heterocycles. The molecule has 0 aromatic heterocycles. The molecule has 0 saturated carbocycles. The largest absolute Gasteiger partial charge is 0.513 e. The summed E-state index contributed by atoms with van der Waals surface area (Å²) in [5, 5.41) is 2.88. The van der Waals surface area contributed by atoms with Crippen molar-refractivity contribution in [1.29, 1.82) is 0 Å². The van der Waals surface area contributed by atoms with Crippen LogP contribution in [0.4, 0.5) is 16.2 Å². The van der Waals surface area contributed by atoms with Crippen LogP contribution in [0.15, 0.2) is 77.8 Å². The average molecular weight is 555 g/mol. The van der Waals surface area contributed by atoms with Gasteiger partial charge in [-0.15, -0.1) is 0 Å². The normalized spacial score (nSPS) is 17.3. The molecular weight excluding hydrogens is 520 g/mol. The lowest BCUT2D eigenvalue weighted by molar-refractivity contribution is -0.115. The number of hydrogen-bond donors (Lipinski definition) is 1. The lowest BCUT2D eigenvalue weighted by Gasteiger charge is -2.33. The molecule has 2 aliphatic heterocycles. The number of benzene rings is 3. The summed E-state index contributed by atoms with van der Waals surface area (Å²) in [5.41, 5.74) is 3.90. The van der Waals surface area contributed by atoms with Crippen LogP contribution in [0.25, 0.3) is 0 Å². The van der Waals surface area contributed by atoms with Crippen molar-refractivity contribution < 1.29 is 23.9 Å². The van der Waals surface area contributed by atoms with Gasteiger partial charge in [-0.25, -0.2) is 4.79 Å². The zero-order valence-corrected chi connectivity index (χ0v) is 23.5. The quantitative estimate of drug-likeness (QED) is 0.248. The van der Waals surface area contributed by atoms with Gasteiger partial charge >= 0.3 is 6.16 Å². The van der Waals surface area contributed by atoms with Crippen LogP contribution in [-0.2, 0) is 9.53 Å². The van der Waals surface area contributed by atoms with Gasteiger partial charge < -0.3 is 24.6 Å². The van der Waals surface area contributed by atoms with E-state index in [9.17, 15) is 14.4 Å². The van der Waals surface area contributed by atoms with Gasteiger partial charge in [-0.2, -0.15) is 0 Å². The molecule has 2 amide bonds. The van der Waals surface area contributed by atoms with Gasteiger partial charge in [0.1, 0.15) is 11.7 Å². The number of carbonyl (C=O) groups is 3. The van der Waals surface area contributed by atoms with Crippen molar-refractivity contribution in [3.05, 3.63) is 89.5 Å². The van der Waals surface area contributed by atoms with Crippen LogP contribution in [0.5, 0.6) is 5.75 Å². The van der Waals surface area contributed by atoms with Crippen molar-refractivity contribution in [2.45, 2.75) is 18.8 Å². The second-order valence-electron chi connectivity index (χ2n) is 10.6. The van der Waals surface area contributed by atoms with Crippen LogP contribution >= 0.6 is 0 Å². The first-order valence-electron chi connectivity index (χ1n) is 13.7. The number of hydrogen-bond acceptors (Lipinski definition) is 7. The molecular formula is C32H34N4O5. The number of rotatable bonds is 7. The minimum absolute atomic E-state index is 0.0289. The summed E-state index contributed by atoms with van der Waals surface area (Å²) in [6, 6.07) is 21.7. The topological polar surface area (TPSA) is 101 Å². The number of fused-ring (bicyclic) bond motifs is 1. The standard InChI is InChI=1S/C32H34N4O5/c1-35(2)20-21-15-17-36(18-16-21)31(38)23-9-11-24(12-10-23)33-29(22-7-5-4-6-8-22)28-26-14-13-25(41-32(39)40-3)19-27(26)34-30(28)37/h4-14,19,21,28H,15-18,20H2,1-3H3,(H,34,37). The van der Waals surface area contributed by atoms with E-state index in [4.69, 9.17) is 9.73 Å². The molecule has 9 nitrogen and oxygen atoms in total. The smallest absolute Gasteiger partial charge is 0.437 e. The zero-order chi connectivity index (χ0) is 28.9. The Morgan fingerprint density at radius 3 is 2.34 bits per heavy atom. The van der Waals surface area contributed by atoms with Gasteiger partial charge in [0, 0.05) is 37.0 Å². The summed E-state index contributed by atoms with van der Waals surface area (Å²) in [6.07, 6.45) is 1.18. The van der Waals surface area contributed by atoms with Crippen LogP contribution in [0.1, 0.15) is 40.2 Å². The molecule has 1 fully saturated rings. The van der Waals surface area contributed by atoms with E-state index in [2.05, 4.69) is 29.0 Å². The summed E-state index contributed by atoms with van der Waals surface area (Å²) < 4.78 is 9.68. The van der Waals surface area contributed by atoms with E-state index >= 15 is 0 Å². The molecule has 5 rings (SSSR count). The fourth-order valence-corrected chi connectivity index (χ4v) is 5.45. The van der Waals surface area contributed by atoms with E-state index in [1.54, 1.807) is 30.3 Å². The van der Waals surface area contributed by atoms with Crippen LogP contribution in [0.3, 0.4) is 0 Å². The molecule has 2 heterocycles. The first-order valence-corrected chi connectivity index (χ1v) is 13.7. The Balaban J connectivity index is 1.39. The summed E-state index contributed by atoms with van der Waals surface area (Å²) in [5.74, 6) is -0.00295. The van der Waals surface area contributed by atoms with E-state index in [-0.39, 0.29) is 17.6 Å². The third-order valence-electron chi connectivity index (χ3n) is 7.46. The van der Waals surface area contributed by atoms with Crippen LogP contribution in [-0.4, -0.2) is 74.3 Å². The second-order valence-corrected chi connectivity index (χ2v) is 10.6. The minimum atomic E-state index is -0.840. The Bertz CT molecular complexity index is 1440. The fourth-order valence-electron chi connectivity index (χ4n) is 5.45. The molecule has 9 heteroatoms.